The van der Waals surface area contributed by atoms with E-state index in [1.54, 1.807) is 0 Å². The molecule has 0 radical (unpaired) electrons. The van der Waals surface area contributed by atoms with Gasteiger partial charge in [0.1, 0.15) is 6.07 Å². The molecule has 0 fully saturated rings. The van der Waals surface area contributed by atoms with E-state index >= 15 is 0 Å². The molecule has 0 atom stereocenters. The number of benzene rings is 1. The van der Waals surface area contributed by atoms with Crippen molar-refractivity contribution in [2.24, 2.45) is 5.14 Å². The molecule has 1 aromatic rings. The van der Waals surface area contributed by atoms with Gasteiger partial charge in [0.15, 0.2) is 11.6 Å². The molecule has 0 unspecified atom stereocenters. The standard InChI is InChI=1S/C7H4F2N2S.C3H8/c8-6-2-5(12-11)1-4(3-10)7(6)9;1-3-2/h1-2H,11H2;3H2,1-2H3. The molecule has 0 aliphatic carbocycles. The maximum Gasteiger partial charge on any atom is 0.176 e. The molecule has 2 nitrogen and oxygen atoms in total. The minimum Gasteiger partial charge on any atom is -0.274 e. The van der Waals surface area contributed by atoms with Gasteiger partial charge in [-0.15, -0.1) is 0 Å². The molecule has 0 bridgehead atoms. The summed E-state index contributed by atoms with van der Waals surface area (Å²) in [6.07, 6.45) is 1.25. The van der Waals surface area contributed by atoms with E-state index in [-0.39, 0.29) is 5.56 Å². The van der Waals surface area contributed by atoms with E-state index in [0.717, 1.165) is 18.0 Å². The van der Waals surface area contributed by atoms with Crippen molar-refractivity contribution in [2.75, 3.05) is 0 Å². The van der Waals surface area contributed by atoms with Gasteiger partial charge in [-0.2, -0.15) is 5.26 Å². The predicted molar refractivity (Wildman–Crippen MR) is 57.1 cm³/mol. The maximum absolute atomic E-state index is 12.7. The zero-order valence-electron chi connectivity index (χ0n) is 8.55. The Morgan fingerprint density at radius 3 is 2.33 bits per heavy atom. The monoisotopic (exact) mass is 230 g/mol. The summed E-state index contributed by atoms with van der Waals surface area (Å²) in [6, 6.07) is 3.67. The van der Waals surface area contributed by atoms with Crippen LogP contribution in [0.3, 0.4) is 0 Å². The first kappa shape index (κ1) is 13.9. The van der Waals surface area contributed by atoms with E-state index in [1.807, 2.05) is 0 Å². The first-order valence-electron chi connectivity index (χ1n) is 4.36. The lowest BCUT2D eigenvalue weighted by Gasteiger charge is -1.98. The van der Waals surface area contributed by atoms with Crippen molar-refractivity contribution in [1.82, 2.24) is 0 Å². The minimum atomic E-state index is -1.13. The molecule has 1 rings (SSSR count). The van der Waals surface area contributed by atoms with Crippen LogP contribution in [0.15, 0.2) is 17.0 Å². The predicted octanol–water partition coefficient (Wildman–Crippen LogP) is 3.22. The fraction of sp³-hybridized carbons (Fsp3) is 0.300. The van der Waals surface area contributed by atoms with Crippen molar-refractivity contribution in [3.63, 3.8) is 0 Å². The Morgan fingerprint density at radius 2 is 1.93 bits per heavy atom. The summed E-state index contributed by atoms with van der Waals surface area (Å²) in [7, 11) is 0. The lowest BCUT2D eigenvalue weighted by atomic mass is 10.2. The van der Waals surface area contributed by atoms with Crippen LogP contribution < -0.4 is 5.14 Å². The topological polar surface area (TPSA) is 49.8 Å². The molecule has 0 spiro atoms. The third-order valence-electron chi connectivity index (χ3n) is 1.26. The molecule has 0 aromatic heterocycles. The molecule has 0 saturated carbocycles. The smallest absolute Gasteiger partial charge is 0.176 e. The first-order chi connectivity index (χ1) is 7.10. The van der Waals surface area contributed by atoms with E-state index in [4.69, 9.17) is 10.4 Å². The Hall–Kier alpha value is -1.12. The summed E-state index contributed by atoms with van der Waals surface area (Å²) in [5, 5.41) is 13.5. The van der Waals surface area contributed by atoms with E-state index in [1.165, 1.54) is 18.6 Å². The number of nitriles is 1. The normalized spacial score (nSPS) is 8.80. The van der Waals surface area contributed by atoms with Crippen molar-refractivity contribution in [3.05, 3.63) is 29.3 Å². The molecule has 1 aromatic carbocycles. The molecule has 2 N–H and O–H groups in total. The van der Waals surface area contributed by atoms with Crippen molar-refractivity contribution in [2.45, 2.75) is 25.2 Å². The van der Waals surface area contributed by atoms with E-state index in [2.05, 4.69) is 13.8 Å². The average Bonchev–Trinajstić information content (AvgIpc) is 2.23. The molecular weight excluding hydrogens is 218 g/mol. The molecule has 0 saturated heterocycles. The highest BCUT2D eigenvalue weighted by Gasteiger charge is 2.09. The number of nitrogens with zero attached hydrogens (tertiary/aromatic N) is 1. The van der Waals surface area contributed by atoms with Gasteiger partial charge in [-0.05, 0) is 24.1 Å². The number of hydrogen-bond donors (Lipinski definition) is 1. The van der Waals surface area contributed by atoms with Gasteiger partial charge in [0.25, 0.3) is 0 Å². The van der Waals surface area contributed by atoms with Crippen molar-refractivity contribution in [1.29, 1.82) is 5.26 Å². The van der Waals surface area contributed by atoms with Gasteiger partial charge in [0, 0.05) is 4.90 Å². The summed E-state index contributed by atoms with van der Waals surface area (Å²) >= 11 is 0.763. The highest BCUT2D eigenvalue weighted by Crippen LogP contribution is 2.19. The number of nitrogens with two attached hydrogens (primary N) is 1. The number of rotatable bonds is 1. The van der Waals surface area contributed by atoms with E-state index < -0.39 is 11.6 Å². The number of hydrogen-bond acceptors (Lipinski definition) is 3. The Balaban J connectivity index is 0.000000583. The maximum atomic E-state index is 12.7. The van der Waals surface area contributed by atoms with Crippen molar-refractivity contribution in [3.8, 4) is 6.07 Å². The quantitative estimate of drug-likeness (QED) is 0.753. The highest BCUT2D eigenvalue weighted by atomic mass is 32.2. The van der Waals surface area contributed by atoms with Gasteiger partial charge in [-0.1, -0.05) is 20.3 Å². The van der Waals surface area contributed by atoms with Crippen LogP contribution >= 0.6 is 11.9 Å². The lowest BCUT2D eigenvalue weighted by molar-refractivity contribution is 0.503. The van der Waals surface area contributed by atoms with Gasteiger partial charge in [-0.3, -0.25) is 5.14 Å². The molecule has 0 heterocycles. The van der Waals surface area contributed by atoms with Crippen LogP contribution in [-0.2, 0) is 0 Å². The number of halogens is 2. The summed E-state index contributed by atoms with van der Waals surface area (Å²) in [5.41, 5.74) is -0.331. The lowest BCUT2D eigenvalue weighted by Crippen LogP contribution is -1.92. The SMILES string of the molecule is CCC.N#Cc1cc(SN)cc(F)c1F. The summed E-state index contributed by atoms with van der Waals surface area (Å²) in [4.78, 5) is 0.324. The van der Waals surface area contributed by atoms with Crippen LogP contribution in [0.4, 0.5) is 8.78 Å². The second-order valence-corrected chi connectivity index (χ2v) is 3.41. The molecule has 5 heteroatoms. The Morgan fingerprint density at radius 1 is 1.40 bits per heavy atom. The molecule has 0 amide bonds. The highest BCUT2D eigenvalue weighted by molar-refractivity contribution is 7.97. The minimum absolute atomic E-state index is 0.324. The van der Waals surface area contributed by atoms with Crippen LogP contribution in [0, 0.1) is 23.0 Å². The van der Waals surface area contributed by atoms with Crippen LogP contribution in [0.25, 0.3) is 0 Å². The van der Waals surface area contributed by atoms with Crippen LogP contribution in [-0.4, -0.2) is 0 Å². The van der Waals surface area contributed by atoms with Gasteiger partial charge in [-0.25, -0.2) is 8.78 Å². The third-order valence-corrected chi connectivity index (χ3v) is 1.77. The molecule has 0 aliphatic rings. The van der Waals surface area contributed by atoms with E-state index in [0.29, 0.717) is 4.90 Å². The third kappa shape index (κ3) is 4.28. The van der Waals surface area contributed by atoms with E-state index in [9.17, 15) is 8.78 Å². The first-order valence-corrected chi connectivity index (χ1v) is 5.24. The van der Waals surface area contributed by atoms with Crippen LogP contribution in [0.1, 0.15) is 25.8 Å². The fourth-order valence-electron chi connectivity index (χ4n) is 0.714. The van der Waals surface area contributed by atoms with Gasteiger partial charge in [0.2, 0.25) is 0 Å². The van der Waals surface area contributed by atoms with Gasteiger partial charge < -0.3 is 0 Å². The molecular formula is C10H12F2N2S. The van der Waals surface area contributed by atoms with Crippen molar-refractivity contribution < 1.29 is 8.78 Å². The Bertz CT molecular complexity index is 361. The van der Waals surface area contributed by atoms with Gasteiger partial charge in [0.05, 0.1) is 5.56 Å². The Labute approximate surface area is 92.2 Å². The Kier molecular flexibility index (Phi) is 6.67. The molecule has 15 heavy (non-hydrogen) atoms. The average molecular weight is 230 g/mol. The summed E-state index contributed by atoms with van der Waals surface area (Å²) in [6.45, 7) is 4.25. The fourth-order valence-corrected chi connectivity index (χ4v) is 1.07. The summed E-state index contributed by atoms with van der Waals surface area (Å²) < 4.78 is 25.3. The van der Waals surface area contributed by atoms with Crippen molar-refractivity contribution >= 4 is 11.9 Å². The van der Waals surface area contributed by atoms with Crippen LogP contribution in [0.2, 0.25) is 0 Å². The zero-order valence-corrected chi connectivity index (χ0v) is 9.37. The molecule has 0 aliphatic heterocycles. The zero-order chi connectivity index (χ0) is 11.8. The summed E-state index contributed by atoms with van der Waals surface area (Å²) in [5.74, 6) is -2.18. The second kappa shape index (κ2) is 7.21. The van der Waals surface area contributed by atoms with Gasteiger partial charge >= 0.3 is 0 Å². The van der Waals surface area contributed by atoms with Crippen LogP contribution in [0.5, 0.6) is 0 Å². The molecule has 82 valence electrons. The largest absolute Gasteiger partial charge is 0.274 e. The second-order valence-electron chi connectivity index (χ2n) is 2.70.